The van der Waals surface area contributed by atoms with E-state index in [4.69, 9.17) is 28.3 Å². The minimum atomic E-state index is -1.06. The third-order valence-electron chi connectivity index (χ3n) is 3.23. The Morgan fingerprint density at radius 2 is 1.92 bits per heavy atom. The van der Waals surface area contributed by atoms with Crippen LogP contribution in [0.4, 0.5) is 5.69 Å². The number of carbonyl (C=O) groups excluding carboxylic acids is 2. The number of carbonyl (C=O) groups is 3. The van der Waals surface area contributed by atoms with Gasteiger partial charge in [0.05, 0.1) is 16.6 Å². The van der Waals surface area contributed by atoms with E-state index in [9.17, 15) is 14.4 Å². The lowest BCUT2D eigenvalue weighted by atomic mass is 10.2. The van der Waals surface area contributed by atoms with Crippen LogP contribution in [0.3, 0.4) is 0 Å². The van der Waals surface area contributed by atoms with Gasteiger partial charge in [0.15, 0.2) is 0 Å². The van der Waals surface area contributed by atoms with Gasteiger partial charge in [0, 0.05) is 25.7 Å². The molecule has 0 spiro atoms. The van der Waals surface area contributed by atoms with Crippen molar-refractivity contribution in [1.82, 2.24) is 10.2 Å². The van der Waals surface area contributed by atoms with Crippen molar-refractivity contribution in [2.24, 2.45) is 0 Å². The van der Waals surface area contributed by atoms with Crippen molar-refractivity contribution in [3.8, 4) is 0 Å². The monoisotopic (exact) mass is 375 g/mol. The van der Waals surface area contributed by atoms with Crippen LogP contribution in [-0.4, -0.2) is 53.5 Å². The number of amides is 2. The van der Waals surface area contributed by atoms with E-state index in [1.165, 1.54) is 24.8 Å². The van der Waals surface area contributed by atoms with Gasteiger partial charge in [0.1, 0.15) is 6.04 Å². The van der Waals surface area contributed by atoms with Crippen molar-refractivity contribution in [1.29, 1.82) is 0 Å². The first-order valence-electron chi connectivity index (χ1n) is 7.17. The quantitative estimate of drug-likeness (QED) is 0.643. The van der Waals surface area contributed by atoms with E-state index in [0.29, 0.717) is 15.7 Å². The van der Waals surface area contributed by atoms with Crippen LogP contribution < -0.4 is 10.6 Å². The summed E-state index contributed by atoms with van der Waals surface area (Å²) in [7, 11) is 0. The van der Waals surface area contributed by atoms with Gasteiger partial charge in [-0.3, -0.25) is 19.3 Å². The molecule has 9 heteroatoms. The molecule has 1 rings (SSSR count). The Kier molecular flexibility index (Phi) is 7.97. The summed E-state index contributed by atoms with van der Waals surface area (Å²) in [4.78, 5) is 35.7. The number of carboxylic acids is 1. The number of nitrogens with one attached hydrogen (secondary N) is 2. The molecule has 0 aliphatic carbocycles. The van der Waals surface area contributed by atoms with Gasteiger partial charge < -0.3 is 15.7 Å². The van der Waals surface area contributed by atoms with E-state index >= 15 is 0 Å². The van der Waals surface area contributed by atoms with Gasteiger partial charge in [0.2, 0.25) is 11.8 Å². The number of aliphatic carboxylic acids is 1. The maximum Gasteiger partial charge on any atom is 0.320 e. The number of hydrogen-bond acceptors (Lipinski definition) is 4. The van der Waals surface area contributed by atoms with Gasteiger partial charge in [-0.2, -0.15) is 0 Å². The number of benzene rings is 1. The topological polar surface area (TPSA) is 98.7 Å². The maximum absolute atomic E-state index is 12.1. The van der Waals surface area contributed by atoms with Crippen LogP contribution in [0.2, 0.25) is 10.0 Å². The molecule has 0 aliphatic rings. The summed E-state index contributed by atoms with van der Waals surface area (Å²) in [6.45, 7) is 3.16. The van der Waals surface area contributed by atoms with Gasteiger partial charge in [-0.15, -0.1) is 0 Å². The van der Waals surface area contributed by atoms with Crippen LogP contribution in [-0.2, 0) is 14.4 Å². The number of halogens is 2. The lowest BCUT2D eigenvalue weighted by Crippen LogP contribution is -2.46. The lowest BCUT2D eigenvalue weighted by molar-refractivity contribution is -0.142. The summed E-state index contributed by atoms with van der Waals surface area (Å²) in [5.41, 5.74) is 0.458. The molecule has 1 aromatic rings. The average molecular weight is 376 g/mol. The van der Waals surface area contributed by atoms with Gasteiger partial charge in [-0.1, -0.05) is 23.2 Å². The molecule has 0 aliphatic heterocycles. The van der Waals surface area contributed by atoms with Crippen LogP contribution >= 0.6 is 23.2 Å². The molecule has 0 aromatic heterocycles. The van der Waals surface area contributed by atoms with Crippen molar-refractivity contribution < 1.29 is 19.5 Å². The Labute approximate surface area is 149 Å². The van der Waals surface area contributed by atoms with E-state index in [-0.39, 0.29) is 25.5 Å². The molecule has 0 saturated carbocycles. The van der Waals surface area contributed by atoms with Gasteiger partial charge in [-0.05, 0) is 25.1 Å². The zero-order valence-electron chi connectivity index (χ0n) is 13.3. The summed E-state index contributed by atoms with van der Waals surface area (Å²) >= 11 is 11.7. The highest BCUT2D eigenvalue weighted by Crippen LogP contribution is 2.24. The SMILES string of the molecule is CC(=O)NCCN(CC(=O)Nc1ccc(Cl)c(Cl)c1)C(C)C(=O)O. The van der Waals surface area contributed by atoms with E-state index < -0.39 is 17.9 Å². The Hall–Kier alpha value is -1.83. The molecule has 0 heterocycles. The fourth-order valence-electron chi connectivity index (χ4n) is 1.90. The van der Waals surface area contributed by atoms with E-state index in [2.05, 4.69) is 10.6 Å². The summed E-state index contributed by atoms with van der Waals surface area (Å²) < 4.78 is 0. The van der Waals surface area contributed by atoms with E-state index in [0.717, 1.165) is 0 Å². The Balaban J connectivity index is 2.69. The van der Waals surface area contributed by atoms with Crippen molar-refractivity contribution in [3.63, 3.8) is 0 Å². The van der Waals surface area contributed by atoms with Crippen molar-refractivity contribution in [3.05, 3.63) is 28.2 Å². The molecule has 1 aromatic carbocycles. The molecular weight excluding hydrogens is 357 g/mol. The van der Waals surface area contributed by atoms with Crippen LogP contribution in [0.25, 0.3) is 0 Å². The molecule has 0 fully saturated rings. The van der Waals surface area contributed by atoms with Gasteiger partial charge in [-0.25, -0.2) is 0 Å². The molecule has 132 valence electrons. The highest BCUT2D eigenvalue weighted by atomic mass is 35.5. The first-order chi connectivity index (χ1) is 11.2. The maximum atomic E-state index is 12.1. The van der Waals surface area contributed by atoms with Crippen LogP contribution in [0.1, 0.15) is 13.8 Å². The van der Waals surface area contributed by atoms with Crippen molar-refractivity contribution in [2.75, 3.05) is 25.0 Å². The summed E-state index contributed by atoms with van der Waals surface area (Å²) in [5.74, 6) is -1.68. The number of anilines is 1. The first-order valence-corrected chi connectivity index (χ1v) is 7.92. The molecule has 0 radical (unpaired) electrons. The van der Waals surface area contributed by atoms with Crippen LogP contribution in [0, 0.1) is 0 Å². The van der Waals surface area contributed by atoms with E-state index in [1.54, 1.807) is 12.1 Å². The third kappa shape index (κ3) is 6.74. The van der Waals surface area contributed by atoms with Gasteiger partial charge in [0.25, 0.3) is 0 Å². The number of carboxylic acid groups (broad SMARTS) is 1. The molecule has 24 heavy (non-hydrogen) atoms. The Morgan fingerprint density at radius 3 is 2.46 bits per heavy atom. The molecule has 3 N–H and O–H groups in total. The predicted octanol–water partition coefficient (Wildman–Crippen LogP) is 1.84. The van der Waals surface area contributed by atoms with Gasteiger partial charge >= 0.3 is 5.97 Å². The highest BCUT2D eigenvalue weighted by molar-refractivity contribution is 6.42. The van der Waals surface area contributed by atoms with E-state index in [1.807, 2.05) is 0 Å². The lowest BCUT2D eigenvalue weighted by Gasteiger charge is -2.25. The zero-order valence-corrected chi connectivity index (χ0v) is 14.8. The number of rotatable bonds is 8. The molecule has 7 nitrogen and oxygen atoms in total. The standard InChI is InChI=1S/C15H19Cl2N3O4/c1-9(15(23)24)20(6-5-18-10(2)21)8-14(22)19-11-3-4-12(16)13(17)7-11/h3-4,7,9H,5-6,8H2,1-2H3,(H,18,21)(H,19,22)(H,23,24). The smallest absolute Gasteiger partial charge is 0.320 e. The third-order valence-corrected chi connectivity index (χ3v) is 3.97. The van der Waals surface area contributed by atoms with Crippen LogP contribution in [0.15, 0.2) is 18.2 Å². The highest BCUT2D eigenvalue weighted by Gasteiger charge is 2.22. The molecule has 0 saturated heterocycles. The number of nitrogens with zero attached hydrogens (tertiary/aromatic N) is 1. The Bertz CT molecular complexity index is 625. The normalized spacial score (nSPS) is 11.9. The summed E-state index contributed by atoms with van der Waals surface area (Å²) in [6.07, 6.45) is 0. The fourth-order valence-corrected chi connectivity index (χ4v) is 2.20. The zero-order chi connectivity index (χ0) is 18.3. The molecule has 1 atom stereocenters. The molecule has 2 amide bonds. The average Bonchev–Trinajstić information content (AvgIpc) is 2.48. The fraction of sp³-hybridized carbons (Fsp3) is 0.400. The summed E-state index contributed by atoms with van der Waals surface area (Å²) in [6, 6.07) is 3.77. The molecule has 0 bridgehead atoms. The second kappa shape index (κ2) is 9.46. The van der Waals surface area contributed by atoms with Crippen molar-refractivity contribution in [2.45, 2.75) is 19.9 Å². The predicted molar refractivity (Wildman–Crippen MR) is 92.4 cm³/mol. The minimum absolute atomic E-state index is 0.146. The number of hydrogen-bond donors (Lipinski definition) is 3. The summed E-state index contributed by atoms with van der Waals surface area (Å²) in [5, 5.41) is 15.0. The molecular formula is C15H19Cl2N3O4. The van der Waals surface area contributed by atoms with Crippen molar-refractivity contribution >= 4 is 46.7 Å². The Morgan fingerprint density at radius 1 is 1.25 bits per heavy atom. The largest absolute Gasteiger partial charge is 0.480 e. The minimum Gasteiger partial charge on any atom is -0.480 e. The first kappa shape index (κ1) is 20.2. The molecule has 1 unspecified atom stereocenters. The second-order valence-corrected chi connectivity index (χ2v) is 5.96. The second-order valence-electron chi connectivity index (χ2n) is 5.14. The van der Waals surface area contributed by atoms with Crippen LogP contribution in [0.5, 0.6) is 0 Å².